The molecular weight excluding hydrogens is 302 g/mol. The Morgan fingerprint density at radius 1 is 0.958 bits per heavy atom. The quantitative estimate of drug-likeness (QED) is 0.857. The number of rotatable bonds is 5. The van der Waals surface area contributed by atoms with Crippen molar-refractivity contribution in [2.45, 2.75) is 32.7 Å². The second kappa shape index (κ2) is 7.77. The Balaban J connectivity index is 1.81. The molecule has 0 fully saturated rings. The zero-order valence-corrected chi connectivity index (χ0v) is 14.3. The summed E-state index contributed by atoms with van der Waals surface area (Å²) in [6, 6.07) is 16.8. The maximum absolute atomic E-state index is 12.0. The highest BCUT2D eigenvalue weighted by Crippen LogP contribution is 2.22. The van der Waals surface area contributed by atoms with Gasteiger partial charge in [0.15, 0.2) is 6.61 Å². The summed E-state index contributed by atoms with van der Waals surface area (Å²) in [4.78, 5) is 23.7. The lowest BCUT2D eigenvalue weighted by atomic mass is 9.87. The third-order valence-corrected chi connectivity index (χ3v) is 3.65. The van der Waals surface area contributed by atoms with Gasteiger partial charge in [-0.3, -0.25) is 4.79 Å². The maximum Gasteiger partial charge on any atom is 0.338 e. The molecule has 0 bridgehead atoms. The van der Waals surface area contributed by atoms with Gasteiger partial charge < -0.3 is 10.1 Å². The second-order valence-corrected chi connectivity index (χ2v) is 6.67. The molecule has 1 N–H and O–H groups in total. The molecule has 4 nitrogen and oxygen atoms in total. The maximum atomic E-state index is 12.0. The average Bonchev–Trinajstić information content (AvgIpc) is 2.58. The van der Waals surface area contributed by atoms with E-state index >= 15 is 0 Å². The molecular formula is C20H23NO3. The van der Waals surface area contributed by atoms with Crippen LogP contribution in [0.5, 0.6) is 0 Å². The predicted molar refractivity (Wildman–Crippen MR) is 93.7 cm³/mol. The molecule has 2 rings (SSSR count). The zero-order valence-electron chi connectivity index (χ0n) is 14.3. The first kappa shape index (κ1) is 17.7. The molecule has 0 aliphatic carbocycles. The molecule has 0 heterocycles. The largest absolute Gasteiger partial charge is 0.452 e. The molecule has 0 aromatic heterocycles. The summed E-state index contributed by atoms with van der Waals surface area (Å²) in [5.41, 5.74) is 2.60. The fourth-order valence-electron chi connectivity index (χ4n) is 2.17. The summed E-state index contributed by atoms with van der Waals surface area (Å²) < 4.78 is 5.05. The first-order chi connectivity index (χ1) is 11.4. The van der Waals surface area contributed by atoms with Crippen LogP contribution >= 0.6 is 0 Å². The van der Waals surface area contributed by atoms with Crippen LogP contribution < -0.4 is 5.32 Å². The molecule has 2 aromatic carbocycles. The molecule has 0 radical (unpaired) electrons. The summed E-state index contributed by atoms with van der Waals surface area (Å²) in [7, 11) is 0. The Morgan fingerprint density at radius 2 is 1.58 bits per heavy atom. The summed E-state index contributed by atoms with van der Waals surface area (Å²) in [6.07, 6.45) is 0. The number of carbonyl (C=O) groups is 2. The molecule has 1 amide bonds. The van der Waals surface area contributed by atoms with E-state index < -0.39 is 5.97 Å². The minimum absolute atomic E-state index is 0.0275. The SMILES string of the molecule is CC(C)(C)c1ccc(C(=O)OCC(=O)NCc2ccccc2)cc1. The van der Waals surface area contributed by atoms with Crippen molar-refractivity contribution < 1.29 is 14.3 Å². The van der Waals surface area contributed by atoms with E-state index in [0.717, 1.165) is 11.1 Å². The van der Waals surface area contributed by atoms with E-state index in [1.54, 1.807) is 12.1 Å². The van der Waals surface area contributed by atoms with Crippen LogP contribution in [0, 0.1) is 0 Å². The van der Waals surface area contributed by atoms with E-state index in [1.165, 1.54) is 0 Å². The number of nitrogens with one attached hydrogen (secondary N) is 1. The van der Waals surface area contributed by atoms with Gasteiger partial charge in [-0.05, 0) is 28.7 Å². The lowest BCUT2D eigenvalue weighted by molar-refractivity contribution is -0.124. The standard InChI is InChI=1S/C20H23NO3/c1-20(2,3)17-11-9-16(10-12-17)19(23)24-14-18(22)21-13-15-7-5-4-6-8-15/h4-12H,13-14H2,1-3H3,(H,21,22). The first-order valence-electron chi connectivity index (χ1n) is 7.94. The highest BCUT2D eigenvalue weighted by molar-refractivity contribution is 5.91. The number of hydrogen-bond donors (Lipinski definition) is 1. The number of hydrogen-bond acceptors (Lipinski definition) is 3. The van der Waals surface area contributed by atoms with Crippen molar-refractivity contribution >= 4 is 11.9 Å². The third kappa shape index (κ3) is 5.23. The van der Waals surface area contributed by atoms with Gasteiger partial charge in [0.25, 0.3) is 5.91 Å². The fourth-order valence-corrected chi connectivity index (χ4v) is 2.17. The van der Waals surface area contributed by atoms with Gasteiger partial charge in [0, 0.05) is 6.54 Å². The van der Waals surface area contributed by atoms with Crippen molar-refractivity contribution in [3.63, 3.8) is 0 Å². The van der Waals surface area contributed by atoms with Gasteiger partial charge in [-0.15, -0.1) is 0 Å². The van der Waals surface area contributed by atoms with Crippen LogP contribution in [0.2, 0.25) is 0 Å². The van der Waals surface area contributed by atoms with Crippen LogP contribution in [0.3, 0.4) is 0 Å². The molecule has 24 heavy (non-hydrogen) atoms. The van der Waals surface area contributed by atoms with Crippen molar-refractivity contribution in [1.82, 2.24) is 5.32 Å². The number of carbonyl (C=O) groups excluding carboxylic acids is 2. The van der Waals surface area contributed by atoms with E-state index in [4.69, 9.17) is 4.74 Å². The van der Waals surface area contributed by atoms with Crippen LogP contribution in [0.4, 0.5) is 0 Å². The highest BCUT2D eigenvalue weighted by atomic mass is 16.5. The Kier molecular flexibility index (Phi) is 5.74. The summed E-state index contributed by atoms with van der Waals surface area (Å²) in [6.45, 7) is 6.45. The summed E-state index contributed by atoms with van der Waals surface area (Å²) >= 11 is 0. The van der Waals surface area contributed by atoms with Gasteiger partial charge in [-0.25, -0.2) is 4.79 Å². The highest BCUT2D eigenvalue weighted by Gasteiger charge is 2.15. The molecule has 2 aromatic rings. The number of esters is 1. The molecule has 0 aliphatic heterocycles. The smallest absolute Gasteiger partial charge is 0.338 e. The van der Waals surface area contributed by atoms with Crippen molar-refractivity contribution in [2.24, 2.45) is 0 Å². The lowest BCUT2D eigenvalue weighted by Crippen LogP contribution is -2.28. The third-order valence-electron chi connectivity index (χ3n) is 3.65. The predicted octanol–water partition coefficient (Wildman–Crippen LogP) is 3.46. The topological polar surface area (TPSA) is 55.4 Å². The van der Waals surface area contributed by atoms with Crippen molar-refractivity contribution in [3.8, 4) is 0 Å². The normalized spacial score (nSPS) is 11.0. The van der Waals surface area contributed by atoms with E-state index in [2.05, 4.69) is 26.1 Å². The van der Waals surface area contributed by atoms with Gasteiger partial charge in [0.1, 0.15) is 0 Å². The van der Waals surface area contributed by atoms with Crippen LogP contribution in [-0.2, 0) is 21.5 Å². The van der Waals surface area contributed by atoms with Crippen molar-refractivity contribution in [2.75, 3.05) is 6.61 Å². The van der Waals surface area contributed by atoms with Gasteiger partial charge >= 0.3 is 5.97 Å². The number of amides is 1. The second-order valence-electron chi connectivity index (χ2n) is 6.67. The molecule has 0 saturated carbocycles. The van der Waals surface area contributed by atoms with Gasteiger partial charge in [0.2, 0.25) is 0 Å². The lowest BCUT2D eigenvalue weighted by Gasteiger charge is -2.18. The van der Waals surface area contributed by atoms with Gasteiger partial charge in [-0.2, -0.15) is 0 Å². The Morgan fingerprint density at radius 3 is 2.17 bits per heavy atom. The Bertz CT molecular complexity index is 685. The molecule has 0 aliphatic rings. The first-order valence-corrected chi connectivity index (χ1v) is 7.94. The Hall–Kier alpha value is -2.62. The van der Waals surface area contributed by atoms with Crippen LogP contribution in [0.15, 0.2) is 54.6 Å². The average molecular weight is 325 g/mol. The zero-order chi connectivity index (χ0) is 17.6. The Labute approximate surface area is 142 Å². The molecule has 4 heteroatoms. The number of benzene rings is 2. The summed E-state index contributed by atoms with van der Waals surface area (Å²) in [5.74, 6) is -0.816. The van der Waals surface area contributed by atoms with Crippen molar-refractivity contribution in [1.29, 1.82) is 0 Å². The molecule has 0 saturated heterocycles. The van der Waals surface area contributed by atoms with Crippen LogP contribution in [0.1, 0.15) is 42.3 Å². The van der Waals surface area contributed by atoms with E-state index in [0.29, 0.717) is 12.1 Å². The van der Waals surface area contributed by atoms with Gasteiger partial charge in [-0.1, -0.05) is 63.2 Å². The van der Waals surface area contributed by atoms with Gasteiger partial charge in [0.05, 0.1) is 5.56 Å². The van der Waals surface area contributed by atoms with E-state index in [9.17, 15) is 9.59 Å². The monoisotopic (exact) mass is 325 g/mol. The molecule has 0 unspecified atom stereocenters. The van der Waals surface area contributed by atoms with Crippen LogP contribution in [0.25, 0.3) is 0 Å². The number of ether oxygens (including phenoxy) is 1. The van der Waals surface area contributed by atoms with E-state index in [1.807, 2.05) is 42.5 Å². The minimum atomic E-state index is -0.495. The molecule has 126 valence electrons. The van der Waals surface area contributed by atoms with Crippen molar-refractivity contribution in [3.05, 3.63) is 71.3 Å². The minimum Gasteiger partial charge on any atom is -0.452 e. The fraction of sp³-hybridized carbons (Fsp3) is 0.300. The summed E-state index contributed by atoms with van der Waals surface area (Å²) in [5, 5.41) is 2.72. The molecule has 0 atom stereocenters. The van der Waals surface area contributed by atoms with E-state index in [-0.39, 0.29) is 17.9 Å². The molecule has 0 spiro atoms. The van der Waals surface area contributed by atoms with Crippen LogP contribution in [-0.4, -0.2) is 18.5 Å².